The van der Waals surface area contributed by atoms with E-state index in [0.717, 1.165) is 27.0 Å². The molecule has 3 aromatic heterocycles. The van der Waals surface area contributed by atoms with Crippen LogP contribution in [0.2, 0.25) is 0 Å². The molecule has 0 atom stereocenters. The third-order valence-corrected chi connectivity index (χ3v) is 5.71. The van der Waals surface area contributed by atoms with E-state index in [9.17, 15) is 9.90 Å². The van der Waals surface area contributed by atoms with Crippen LogP contribution in [0.4, 0.5) is 5.82 Å². The van der Waals surface area contributed by atoms with Gasteiger partial charge < -0.3 is 14.7 Å². The number of carboxylic acid groups (broad SMARTS) is 1. The van der Waals surface area contributed by atoms with Crippen LogP contribution in [0, 0.1) is 0 Å². The summed E-state index contributed by atoms with van der Waals surface area (Å²) in [6.07, 6.45) is 1.75. The van der Waals surface area contributed by atoms with Crippen molar-refractivity contribution >= 4 is 44.2 Å². The van der Waals surface area contributed by atoms with Gasteiger partial charge in [-0.25, -0.2) is 14.8 Å². The Morgan fingerprint density at radius 1 is 1.24 bits per heavy atom. The van der Waals surface area contributed by atoms with Gasteiger partial charge in [0.1, 0.15) is 4.88 Å². The number of aromatic amines is 1. The number of anilines is 1. The normalized spacial score (nSPS) is 14.1. The van der Waals surface area contributed by atoms with E-state index in [0.29, 0.717) is 37.6 Å². The molecule has 4 heterocycles. The van der Waals surface area contributed by atoms with E-state index in [2.05, 4.69) is 20.1 Å². The highest BCUT2D eigenvalue weighted by Gasteiger charge is 2.22. The molecule has 1 fully saturated rings. The third-order valence-electron chi connectivity index (χ3n) is 4.60. The van der Waals surface area contributed by atoms with Crippen molar-refractivity contribution in [2.75, 3.05) is 31.2 Å². The molecule has 0 saturated carbocycles. The average Bonchev–Trinajstić information content (AvgIpc) is 3.42. The number of carbonyl (C=O) groups is 1. The van der Waals surface area contributed by atoms with Gasteiger partial charge in [0.05, 0.1) is 35.1 Å². The van der Waals surface area contributed by atoms with Gasteiger partial charge in [0.2, 0.25) is 0 Å². The number of nitrogens with one attached hydrogen (secondary N) is 1. The number of H-pyrrole nitrogens is 1. The lowest BCUT2D eigenvalue weighted by Gasteiger charge is -2.28. The molecule has 0 bridgehead atoms. The summed E-state index contributed by atoms with van der Waals surface area (Å²) in [5.41, 5.74) is 2.41. The maximum atomic E-state index is 11.5. The van der Waals surface area contributed by atoms with E-state index >= 15 is 0 Å². The van der Waals surface area contributed by atoms with Crippen LogP contribution >= 0.6 is 11.3 Å². The first kappa shape index (κ1) is 19.3. The SMILES string of the molecule is CC.O=C(O)c1cc2nc(-c3cccc4[nH]ncc34)nc(N3CCOCC3)c2s1. The first-order chi connectivity index (χ1) is 14.2. The molecule has 1 aliphatic rings. The Morgan fingerprint density at radius 3 is 2.79 bits per heavy atom. The molecular weight excluding hydrogens is 390 g/mol. The number of ether oxygens (including phenoxy) is 1. The van der Waals surface area contributed by atoms with Crippen molar-refractivity contribution in [3.8, 4) is 11.4 Å². The van der Waals surface area contributed by atoms with E-state index in [-0.39, 0.29) is 4.88 Å². The van der Waals surface area contributed by atoms with Crippen molar-refractivity contribution < 1.29 is 14.6 Å². The molecule has 1 saturated heterocycles. The quantitative estimate of drug-likeness (QED) is 0.528. The molecule has 2 N–H and O–H groups in total. The lowest BCUT2D eigenvalue weighted by molar-refractivity contribution is 0.0702. The maximum absolute atomic E-state index is 11.5. The van der Waals surface area contributed by atoms with Gasteiger partial charge in [-0.15, -0.1) is 11.3 Å². The minimum atomic E-state index is -0.954. The van der Waals surface area contributed by atoms with Crippen LogP contribution < -0.4 is 4.90 Å². The Hall–Kier alpha value is -3.04. The number of aromatic carboxylic acids is 1. The fourth-order valence-electron chi connectivity index (χ4n) is 3.29. The molecular formula is C20H21N5O3S. The minimum absolute atomic E-state index is 0.257. The fourth-order valence-corrected chi connectivity index (χ4v) is 4.25. The summed E-state index contributed by atoms with van der Waals surface area (Å²) in [5.74, 6) is 0.367. The standard InChI is InChI=1S/C18H15N5O3S.C2H6/c24-18(25)14-8-13-15(27-14)17(23-4-6-26-7-5-23)21-16(20-13)10-2-1-3-12-11(10)9-19-22-12;1-2/h1-3,8-9H,4-7H2,(H,19,22)(H,24,25);1-2H3. The number of rotatable bonds is 3. The van der Waals surface area contributed by atoms with Crippen molar-refractivity contribution in [3.63, 3.8) is 0 Å². The van der Waals surface area contributed by atoms with Gasteiger partial charge in [0, 0.05) is 24.0 Å². The topological polar surface area (TPSA) is 104 Å². The summed E-state index contributed by atoms with van der Waals surface area (Å²) in [7, 11) is 0. The predicted molar refractivity (Wildman–Crippen MR) is 114 cm³/mol. The van der Waals surface area contributed by atoms with Gasteiger partial charge in [0.25, 0.3) is 0 Å². The van der Waals surface area contributed by atoms with E-state index < -0.39 is 5.97 Å². The highest BCUT2D eigenvalue weighted by atomic mass is 32.1. The zero-order valence-corrected chi connectivity index (χ0v) is 17.0. The summed E-state index contributed by atoms with van der Waals surface area (Å²) < 4.78 is 6.24. The third kappa shape index (κ3) is 3.54. The summed E-state index contributed by atoms with van der Waals surface area (Å²) >= 11 is 1.21. The number of aromatic nitrogens is 4. The summed E-state index contributed by atoms with van der Waals surface area (Å²) in [6, 6.07) is 7.44. The number of thiophene rings is 1. The zero-order valence-electron chi connectivity index (χ0n) is 16.2. The molecule has 0 aliphatic carbocycles. The van der Waals surface area contributed by atoms with Gasteiger partial charge in [-0.2, -0.15) is 5.10 Å². The number of hydrogen-bond donors (Lipinski definition) is 2. The van der Waals surface area contributed by atoms with E-state index in [1.807, 2.05) is 32.0 Å². The molecule has 0 spiro atoms. The predicted octanol–water partition coefficient (Wildman–Crippen LogP) is 3.80. The monoisotopic (exact) mass is 411 g/mol. The lowest BCUT2D eigenvalue weighted by atomic mass is 10.1. The Balaban J connectivity index is 0.000000994. The Morgan fingerprint density at radius 2 is 2.03 bits per heavy atom. The second-order valence-corrected chi connectivity index (χ2v) is 7.29. The second kappa shape index (κ2) is 8.14. The van der Waals surface area contributed by atoms with Crippen molar-refractivity contribution in [1.29, 1.82) is 0 Å². The number of hydrogen-bond acceptors (Lipinski definition) is 7. The van der Waals surface area contributed by atoms with Crippen molar-refractivity contribution in [1.82, 2.24) is 20.2 Å². The molecule has 5 rings (SSSR count). The largest absolute Gasteiger partial charge is 0.477 e. The number of morpholine rings is 1. The molecule has 29 heavy (non-hydrogen) atoms. The number of benzene rings is 1. The molecule has 0 unspecified atom stereocenters. The molecule has 9 heteroatoms. The van der Waals surface area contributed by atoms with Gasteiger partial charge in [-0.1, -0.05) is 26.0 Å². The Kier molecular flexibility index (Phi) is 5.41. The smallest absolute Gasteiger partial charge is 0.345 e. The van der Waals surface area contributed by atoms with Crippen LogP contribution in [-0.2, 0) is 4.74 Å². The molecule has 0 radical (unpaired) electrons. The van der Waals surface area contributed by atoms with E-state index in [4.69, 9.17) is 9.72 Å². The van der Waals surface area contributed by atoms with Crippen LogP contribution in [0.15, 0.2) is 30.5 Å². The molecule has 1 aromatic carbocycles. The Labute approximate surface area is 171 Å². The van der Waals surface area contributed by atoms with Crippen molar-refractivity contribution in [2.45, 2.75) is 13.8 Å². The second-order valence-electron chi connectivity index (χ2n) is 6.24. The molecule has 4 aromatic rings. The minimum Gasteiger partial charge on any atom is -0.477 e. The highest BCUT2D eigenvalue weighted by Crippen LogP contribution is 2.35. The average molecular weight is 411 g/mol. The summed E-state index contributed by atoms with van der Waals surface area (Å²) in [4.78, 5) is 23.4. The summed E-state index contributed by atoms with van der Waals surface area (Å²) in [5, 5.41) is 17.4. The Bertz CT molecular complexity index is 1160. The van der Waals surface area contributed by atoms with Gasteiger partial charge in [-0.3, -0.25) is 5.10 Å². The first-order valence-corrected chi connectivity index (χ1v) is 10.3. The van der Waals surface area contributed by atoms with Crippen molar-refractivity contribution in [2.24, 2.45) is 0 Å². The molecule has 0 amide bonds. The van der Waals surface area contributed by atoms with Crippen LogP contribution in [0.25, 0.3) is 32.5 Å². The van der Waals surface area contributed by atoms with Gasteiger partial charge >= 0.3 is 5.97 Å². The molecule has 150 valence electrons. The lowest BCUT2D eigenvalue weighted by Crippen LogP contribution is -2.36. The van der Waals surface area contributed by atoms with Crippen molar-refractivity contribution in [3.05, 3.63) is 35.3 Å². The number of fused-ring (bicyclic) bond motifs is 2. The van der Waals surface area contributed by atoms with Crippen LogP contribution in [0.5, 0.6) is 0 Å². The maximum Gasteiger partial charge on any atom is 0.345 e. The molecule has 1 aliphatic heterocycles. The molecule has 8 nitrogen and oxygen atoms in total. The van der Waals surface area contributed by atoms with Crippen LogP contribution in [0.3, 0.4) is 0 Å². The first-order valence-electron chi connectivity index (χ1n) is 9.51. The zero-order chi connectivity index (χ0) is 20.4. The van der Waals surface area contributed by atoms with Crippen LogP contribution in [0.1, 0.15) is 23.5 Å². The number of carboxylic acids is 1. The highest BCUT2D eigenvalue weighted by molar-refractivity contribution is 7.21. The van der Waals surface area contributed by atoms with Gasteiger partial charge in [0.15, 0.2) is 11.6 Å². The van der Waals surface area contributed by atoms with E-state index in [1.54, 1.807) is 12.3 Å². The fraction of sp³-hybridized carbons (Fsp3) is 0.300. The van der Waals surface area contributed by atoms with Gasteiger partial charge in [-0.05, 0) is 12.1 Å². The van der Waals surface area contributed by atoms with E-state index in [1.165, 1.54) is 11.3 Å². The summed E-state index contributed by atoms with van der Waals surface area (Å²) in [6.45, 7) is 6.66. The van der Waals surface area contributed by atoms with Crippen LogP contribution in [-0.4, -0.2) is 57.5 Å². The number of nitrogens with zero attached hydrogens (tertiary/aromatic N) is 4.